The summed E-state index contributed by atoms with van der Waals surface area (Å²) >= 11 is 0. The van der Waals surface area contributed by atoms with Crippen LogP contribution in [0.1, 0.15) is 67.7 Å². The van der Waals surface area contributed by atoms with Gasteiger partial charge in [-0.1, -0.05) is 13.8 Å². The summed E-state index contributed by atoms with van der Waals surface area (Å²) in [6.45, 7) is 12.8. The lowest BCUT2D eigenvalue weighted by atomic mass is 10.0. The summed E-state index contributed by atoms with van der Waals surface area (Å²) in [5, 5.41) is 2.65. The van der Waals surface area contributed by atoms with Gasteiger partial charge in [0.15, 0.2) is 12.1 Å². The fourth-order valence-corrected chi connectivity index (χ4v) is 4.25. The summed E-state index contributed by atoms with van der Waals surface area (Å²) in [5.74, 6) is -2.18. The van der Waals surface area contributed by atoms with E-state index in [0.29, 0.717) is 25.8 Å². The monoisotopic (exact) mass is 497 g/mol. The normalized spacial score (nSPS) is 22.5. The van der Waals surface area contributed by atoms with E-state index in [1.807, 2.05) is 13.8 Å². The number of nitrogens with zero attached hydrogens (tertiary/aromatic N) is 2. The van der Waals surface area contributed by atoms with E-state index in [1.165, 1.54) is 4.90 Å². The van der Waals surface area contributed by atoms with Crippen LogP contribution in [0.3, 0.4) is 0 Å². The van der Waals surface area contributed by atoms with Crippen LogP contribution >= 0.6 is 0 Å². The Hall–Kier alpha value is -2.85. The van der Waals surface area contributed by atoms with E-state index >= 15 is 0 Å². The predicted molar refractivity (Wildman–Crippen MR) is 125 cm³/mol. The molecular weight excluding hydrogens is 458 g/mol. The first-order valence-corrected chi connectivity index (χ1v) is 12.3. The van der Waals surface area contributed by atoms with Crippen LogP contribution < -0.4 is 5.32 Å². The van der Waals surface area contributed by atoms with E-state index in [4.69, 9.17) is 14.2 Å². The molecule has 11 heteroatoms. The van der Waals surface area contributed by atoms with Gasteiger partial charge in [-0.25, -0.2) is 14.4 Å². The molecule has 0 spiro atoms. The first-order chi connectivity index (χ1) is 16.3. The smallest absolute Gasteiger partial charge is 0.408 e. The number of esters is 2. The van der Waals surface area contributed by atoms with Crippen LogP contribution in [-0.4, -0.2) is 89.2 Å². The van der Waals surface area contributed by atoms with Crippen molar-refractivity contribution in [2.45, 2.75) is 97.5 Å². The Morgan fingerprint density at radius 2 is 1.51 bits per heavy atom. The van der Waals surface area contributed by atoms with Crippen molar-refractivity contribution < 1.29 is 38.2 Å². The number of likely N-dealkylation sites (tertiary alicyclic amines) is 1. The standard InChI is InChI=1S/C24H39N3O8/c1-8-33-21(30)17-18(22(31)34-9-2)27(17)20(29)16-11-10-12-26(16)19(28)15(13-14(3)4)25-23(32)35-24(5,6)7/h14-18H,8-13H2,1-7H3,(H,25,32)/t15-,16-,17-,18-/m0/s1. The highest BCUT2D eigenvalue weighted by molar-refractivity contribution is 6.03. The minimum atomic E-state index is -1.06. The molecule has 2 rings (SSSR count). The number of amides is 3. The molecular formula is C24H39N3O8. The van der Waals surface area contributed by atoms with E-state index < -0.39 is 59.6 Å². The Bertz CT molecular complexity index is 798. The number of rotatable bonds is 9. The molecule has 2 heterocycles. The molecule has 4 atom stereocenters. The van der Waals surface area contributed by atoms with Crippen molar-refractivity contribution in [3.8, 4) is 0 Å². The molecule has 2 saturated heterocycles. The Balaban J connectivity index is 2.20. The second kappa shape index (κ2) is 11.7. The SMILES string of the molecule is CCOC(=O)[C@@H]1[C@@H](C(=O)OCC)N1C(=O)[C@@H]1CCCN1C(=O)[C@H](CC(C)C)NC(=O)OC(C)(C)C. The van der Waals surface area contributed by atoms with Gasteiger partial charge in [-0.2, -0.15) is 0 Å². The van der Waals surface area contributed by atoms with Crippen molar-refractivity contribution >= 4 is 29.8 Å². The van der Waals surface area contributed by atoms with Crippen molar-refractivity contribution in [3.63, 3.8) is 0 Å². The molecule has 0 bridgehead atoms. The third-order valence-electron chi connectivity index (χ3n) is 5.64. The van der Waals surface area contributed by atoms with Gasteiger partial charge in [-0.05, 0) is 59.8 Å². The largest absolute Gasteiger partial charge is 0.464 e. The molecule has 0 aromatic heterocycles. The van der Waals surface area contributed by atoms with Crippen molar-refractivity contribution in [1.82, 2.24) is 15.1 Å². The lowest BCUT2D eigenvalue weighted by molar-refractivity contribution is -0.147. The maximum atomic E-state index is 13.5. The molecule has 198 valence electrons. The second-order valence-electron chi connectivity index (χ2n) is 10.2. The molecule has 35 heavy (non-hydrogen) atoms. The van der Waals surface area contributed by atoms with Crippen LogP contribution in [0, 0.1) is 5.92 Å². The highest BCUT2D eigenvalue weighted by Crippen LogP contribution is 2.35. The molecule has 0 aromatic carbocycles. The topological polar surface area (TPSA) is 131 Å². The molecule has 0 radical (unpaired) electrons. The maximum absolute atomic E-state index is 13.5. The molecule has 1 N–H and O–H groups in total. The zero-order valence-electron chi connectivity index (χ0n) is 21.8. The number of carbonyl (C=O) groups is 5. The number of carbonyl (C=O) groups excluding carboxylic acids is 5. The van der Waals surface area contributed by atoms with E-state index in [0.717, 1.165) is 4.90 Å². The Labute approximate surface area is 206 Å². The van der Waals surface area contributed by atoms with Crippen LogP contribution in [0.15, 0.2) is 0 Å². The summed E-state index contributed by atoms with van der Waals surface area (Å²) < 4.78 is 15.4. The molecule has 11 nitrogen and oxygen atoms in total. The van der Waals surface area contributed by atoms with Crippen LogP contribution in [0.4, 0.5) is 4.79 Å². The number of hydrogen-bond acceptors (Lipinski definition) is 8. The number of ether oxygens (including phenoxy) is 3. The van der Waals surface area contributed by atoms with E-state index in [9.17, 15) is 24.0 Å². The molecule has 3 amide bonds. The fraction of sp³-hybridized carbons (Fsp3) is 0.792. The van der Waals surface area contributed by atoms with Gasteiger partial charge in [0.1, 0.15) is 17.7 Å². The molecule has 0 aromatic rings. The minimum absolute atomic E-state index is 0.0872. The Morgan fingerprint density at radius 1 is 0.971 bits per heavy atom. The van der Waals surface area contributed by atoms with Crippen molar-refractivity contribution in [2.24, 2.45) is 5.92 Å². The third-order valence-corrected chi connectivity index (χ3v) is 5.64. The quantitative estimate of drug-likeness (QED) is 0.289. The zero-order chi connectivity index (χ0) is 26.5. The average molecular weight is 498 g/mol. The van der Waals surface area contributed by atoms with Gasteiger partial charge in [-0.15, -0.1) is 0 Å². The van der Waals surface area contributed by atoms with Crippen molar-refractivity contribution in [1.29, 1.82) is 0 Å². The van der Waals surface area contributed by atoms with Crippen LogP contribution in [0.25, 0.3) is 0 Å². The van der Waals surface area contributed by atoms with Crippen LogP contribution in [0.5, 0.6) is 0 Å². The molecule has 2 aliphatic rings. The molecule has 2 aliphatic heterocycles. The van der Waals surface area contributed by atoms with E-state index in [-0.39, 0.29) is 19.1 Å². The van der Waals surface area contributed by atoms with Gasteiger partial charge >= 0.3 is 18.0 Å². The minimum Gasteiger partial charge on any atom is -0.464 e. The second-order valence-corrected chi connectivity index (χ2v) is 10.2. The highest BCUT2D eigenvalue weighted by atomic mass is 16.6. The maximum Gasteiger partial charge on any atom is 0.408 e. The Kier molecular flexibility index (Phi) is 9.51. The highest BCUT2D eigenvalue weighted by Gasteiger charge is 2.63. The van der Waals surface area contributed by atoms with Gasteiger partial charge in [0.2, 0.25) is 11.8 Å². The first-order valence-electron chi connectivity index (χ1n) is 12.3. The zero-order valence-corrected chi connectivity index (χ0v) is 21.8. The molecule has 0 saturated carbocycles. The van der Waals surface area contributed by atoms with E-state index in [1.54, 1.807) is 34.6 Å². The van der Waals surface area contributed by atoms with Gasteiger partial charge in [0, 0.05) is 6.54 Å². The number of alkyl carbamates (subject to hydrolysis) is 1. The van der Waals surface area contributed by atoms with Gasteiger partial charge in [0.05, 0.1) is 13.2 Å². The summed E-state index contributed by atoms with van der Waals surface area (Å²) in [6, 6.07) is -3.86. The van der Waals surface area contributed by atoms with Crippen LogP contribution in [0.2, 0.25) is 0 Å². The van der Waals surface area contributed by atoms with Gasteiger partial charge < -0.3 is 29.3 Å². The lowest BCUT2D eigenvalue weighted by Gasteiger charge is -2.30. The molecule has 0 unspecified atom stereocenters. The summed E-state index contributed by atoms with van der Waals surface area (Å²) in [7, 11) is 0. The Morgan fingerprint density at radius 3 is 1.97 bits per heavy atom. The van der Waals surface area contributed by atoms with Crippen LogP contribution in [-0.2, 0) is 33.4 Å². The first kappa shape index (κ1) is 28.4. The molecule has 2 fully saturated rings. The van der Waals surface area contributed by atoms with Gasteiger partial charge in [0.25, 0.3) is 0 Å². The number of hydrogen-bond donors (Lipinski definition) is 1. The summed E-state index contributed by atoms with van der Waals surface area (Å²) in [5.41, 5.74) is -0.731. The van der Waals surface area contributed by atoms with E-state index in [2.05, 4.69) is 5.32 Å². The molecule has 0 aliphatic carbocycles. The summed E-state index contributed by atoms with van der Waals surface area (Å²) in [4.78, 5) is 66.6. The third kappa shape index (κ3) is 7.32. The fourth-order valence-electron chi connectivity index (χ4n) is 4.25. The predicted octanol–water partition coefficient (Wildman–Crippen LogP) is 1.62. The van der Waals surface area contributed by atoms with Crippen molar-refractivity contribution in [3.05, 3.63) is 0 Å². The lowest BCUT2D eigenvalue weighted by Crippen LogP contribution is -2.53. The average Bonchev–Trinajstić information content (AvgIpc) is 3.30. The van der Waals surface area contributed by atoms with Gasteiger partial charge in [-0.3, -0.25) is 9.59 Å². The van der Waals surface area contributed by atoms with Crippen molar-refractivity contribution in [2.75, 3.05) is 19.8 Å². The summed E-state index contributed by atoms with van der Waals surface area (Å²) in [6.07, 6.45) is 0.600. The number of nitrogens with one attached hydrogen (secondary N) is 1.